The highest BCUT2D eigenvalue weighted by Crippen LogP contribution is 2.34. The van der Waals surface area contributed by atoms with E-state index in [1.807, 2.05) is 0 Å². The molecule has 0 heterocycles. The van der Waals surface area contributed by atoms with Crippen LogP contribution in [0.1, 0.15) is 12.5 Å². The van der Waals surface area contributed by atoms with Crippen LogP contribution in [0.3, 0.4) is 0 Å². The Morgan fingerprint density at radius 1 is 1.03 bits per heavy atom. The number of nitrogens with one attached hydrogen (secondary N) is 1. The molecule has 0 fully saturated rings. The Hall–Kier alpha value is -1.71. The number of carbonyl (C=O) groups is 2. The third-order valence-corrected chi connectivity index (χ3v) is 7.30. The average Bonchev–Trinajstić information content (AvgIpc) is 2.73. The molecule has 0 aliphatic carbocycles. The molecule has 0 unspecified atom stereocenters. The number of hydrogen-bond donors (Lipinski definition) is 1. The van der Waals surface area contributed by atoms with Gasteiger partial charge in [-0.1, -0.05) is 58.5 Å². The molecule has 1 atom stereocenters. The molecule has 2 rings (SSSR count). The van der Waals surface area contributed by atoms with Crippen molar-refractivity contribution in [3.8, 4) is 0 Å². The summed E-state index contributed by atoms with van der Waals surface area (Å²) in [6.07, 6.45) is 0.947. The van der Waals surface area contributed by atoms with Crippen molar-refractivity contribution in [1.82, 2.24) is 10.2 Å². The summed E-state index contributed by atoms with van der Waals surface area (Å²) in [6.45, 7) is 0.929. The van der Waals surface area contributed by atoms with Crippen LogP contribution >= 0.6 is 46.4 Å². The van der Waals surface area contributed by atoms with E-state index in [1.54, 1.807) is 18.2 Å². The molecule has 0 aliphatic heterocycles. The van der Waals surface area contributed by atoms with Crippen molar-refractivity contribution in [1.29, 1.82) is 0 Å². The van der Waals surface area contributed by atoms with Crippen LogP contribution in [0, 0.1) is 0 Å². The maximum atomic E-state index is 13.3. The molecular weight excluding hydrogens is 520 g/mol. The topological polar surface area (TPSA) is 86.8 Å². The monoisotopic (exact) mass is 539 g/mol. The standard InChI is InChI=1S/C20H21Cl4N3O4S/c1-12(20(29)25-2)26(10-13-7-8-14(21)16(23)9-13)18(28)11-27(32(3,30)31)17-6-4-5-15(22)19(17)24/h4-9,12H,10-11H2,1-3H3,(H,25,29)/t12-/m0/s1. The number of likely N-dealkylation sites (N-methyl/N-ethyl adjacent to an activating group) is 1. The van der Waals surface area contributed by atoms with Gasteiger partial charge in [0.05, 0.1) is 32.0 Å². The van der Waals surface area contributed by atoms with E-state index in [4.69, 9.17) is 46.4 Å². The lowest BCUT2D eigenvalue weighted by molar-refractivity contribution is -0.139. The van der Waals surface area contributed by atoms with E-state index in [0.717, 1.165) is 10.6 Å². The largest absolute Gasteiger partial charge is 0.357 e. The summed E-state index contributed by atoms with van der Waals surface area (Å²) in [5.41, 5.74) is 0.660. The maximum absolute atomic E-state index is 13.3. The van der Waals surface area contributed by atoms with Gasteiger partial charge in [-0.25, -0.2) is 8.42 Å². The van der Waals surface area contributed by atoms with Gasteiger partial charge in [-0.05, 0) is 36.8 Å². The summed E-state index contributed by atoms with van der Waals surface area (Å²) in [7, 11) is -2.48. The Balaban J connectivity index is 2.45. The minimum atomic E-state index is -3.92. The van der Waals surface area contributed by atoms with Gasteiger partial charge < -0.3 is 10.2 Å². The summed E-state index contributed by atoms with van der Waals surface area (Å²) in [6, 6.07) is 8.36. The number of nitrogens with zero attached hydrogens (tertiary/aromatic N) is 2. The van der Waals surface area contributed by atoms with Crippen LogP contribution in [0.25, 0.3) is 0 Å². The number of rotatable bonds is 8. The second-order valence-electron chi connectivity index (χ2n) is 6.90. The third-order valence-electron chi connectivity index (χ3n) is 4.63. The zero-order chi connectivity index (χ0) is 24.2. The summed E-state index contributed by atoms with van der Waals surface area (Å²) in [5, 5.41) is 3.24. The van der Waals surface area contributed by atoms with E-state index >= 15 is 0 Å². The summed E-state index contributed by atoms with van der Waals surface area (Å²) in [4.78, 5) is 26.8. The molecule has 0 saturated carbocycles. The van der Waals surface area contributed by atoms with Gasteiger partial charge in [-0.3, -0.25) is 13.9 Å². The molecule has 0 saturated heterocycles. The lowest BCUT2D eigenvalue weighted by atomic mass is 10.1. The van der Waals surface area contributed by atoms with Crippen LogP contribution in [0.4, 0.5) is 5.69 Å². The van der Waals surface area contributed by atoms with Crippen molar-refractivity contribution in [3.63, 3.8) is 0 Å². The molecule has 0 radical (unpaired) electrons. The number of anilines is 1. The van der Waals surface area contributed by atoms with E-state index in [0.29, 0.717) is 10.6 Å². The average molecular weight is 541 g/mol. The SMILES string of the molecule is CNC(=O)[C@H](C)N(Cc1ccc(Cl)c(Cl)c1)C(=O)CN(c1cccc(Cl)c1Cl)S(C)(=O)=O. The number of benzene rings is 2. The molecule has 0 aromatic heterocycles. The summed E-state index contributed by atoms with van der Waals surface area (Å²) >= 11 is 24.3. The second-order valence-corrected chi connectivity index (χ2v) is 10.4. The van der Waals surface area contributed by atoms with Gasteiger partial charge >= 0.3 is 0 Å². The fourth-order valence-electron chi connectivity index (χ4n) is 2.91. The molecule has 0 bridgehead atoms. The van der Waals surface area contributed by atoms with Crippen LogP contribution < -0.4 is 9.62 Å². The number of sulfonamides is 1. The summed E-state index contributed by atoms with van der Waals surface area (Å²) in [5.74, 6) is -1.06. The van der Waals surface area contributed by atoms with E-state index in [1.165, 1.54) is 37.1 Å². The van der Waals surface area contributed by atoms with Gasteiger partial charge in [0.2, 0.25) is 21.8 Å². The normalized spacial score (nSPS) is 12.2. The molecule has 174 valence electrons. The van der Waals surface area contributed by atoms with Crippen molar-refractivity contribution in [2.75, 3.05) is 24.2 Å². The van der Waals surface area contributed by atoms with E-state index in [2.05, 4.69) is 5.32 Å². The molecule has 0 spiro atoms. The van der Waals surface area contributed by atoms with Crippen LogP contribution in [-0.2, 0) is 26.2 Å². The Bertz CT molecular complexity index is 1130. The highest BCUT2D eigenvalue weighted by atomic mass is 35.5. The van der Waals surface area contributed by atoms with Crippen molar-refractivity contribution in [3.05, 3.63) is 62.1 Å². The lowest BCUT2D eigenvalue weighted by Crippen LogP contribution is -2.50. The van der Waals surface area contributed by atoms with Gasteiger partial charge in [0.15, 0.2) is 0 Å². The number of hydrogen-bond acceptors (Lipinski definition) is 4. The molecule has 12 heteroatoms. The minimum absolute atomic E-state index is 0.00874. The zero-order valence-corrected chi connectivity index (χ0v) is 21.2. The predicted octanol–water partition coefficient (Wildman–Crippen LogP) is 4.23. The van der Waals surface area contributed by atoms with Gasteiger partial charge in [-0.15, -0.1) is 0 Å². The fourth-order valence-corrected chi connectivity index (χ4v) is 4.53. The first-order valence-electron chi connectivity index (χ1n) is 9.23. The Kier molecular flexibility index (Phi) is 9.07. The molecule has 1 N–H and O–H groups in total. The number of halogens is 4. The van der Waals surface area contributed by atoms with Gasteiger partial charge in [0.25, 0.3) is 0 Å². The fraction of sp³-hybridized carbons (Fsp3) is 0.300. The Morgan fingerprint density at radius 3 is 2.25 bits per heavy atom. The Morgan fingerprint density at radius 2 is 1.69 bits per heavy atom. The number of amides is 2. The second kappa shape index (κ2) is 10.9. The van der Waals surface area contributed by atoms with Gasteiger partial charge in [0, 0.05) is 13.6 Å². The van der Waals surface area contributed by atoms with Crippen molar-refractivity contribution in [2.24, 2.45) is 0 Å². The predicted molar refractivity (Wildman–Crippen MR) is 129 cm³/mol. The zero-order valence-electron chi connectivity index (χ0n) is 17.4. The number of carbonyl (C=O) groups excluding carboxylic acids is 2. The Labute approximate surface area is 207 Å². The van der Waals surface area contributed by atoms with E-state index < -0.39 is 34.4 Å². The van der Waals surface area contributed by atoms with Crippen molar-refractivity contribution < 1.29 is 18.0 Å². The van der Waals surface area contributed by atoms with Gasteiger partial charge in [0.1, 0.15) is 12.6 Å². The van der Waals surface area contributed by atoms with Crippen LogP contribution in [0.15, 0.2) is 36.4 Å². The summed E-state index contributed by atoms with van der Waals surface area (Å²) < 4.78 is 25.8. The lowest BCUT2D eigenvalue weighted by Gasteiger charge is -2.31. The first kappa shape index (κ1) is 26.5. The molecule has 7 nitrogen and oxygen atoms in total. The smallest absolute Gasteiger partial charge is 0.244 e. The molecule has 2 aromatic carbocycles. The molecule has 0 aliphatic rings. The molecular formula is C20H21Cl4N3O4S. The first-order valence-corrected chi connectivity index (χ1v) is 12.6. The third kappa shape index (κ3) is 6.42. The van der Waals surface area contributed by atoms with Crippen LogP contribution in [-0.4, -0.2) is 51.0 Å². The van der Waals surface area contributed by atoms with E-state index in [-0.39, 0.29) is 27.3 Å². The molecule has 2 aromatic rings. The minimum Gasteiger partial charge on any atom is -0.357 e. The molecule has 2 amide bonds. The maximum Gasteiger partial charge on any atom is 0.244 e. The van der Waals surface area contributed by atoms with Crippen LogP contribution in [0.5, 0.6) is 0 Å². The highest BCUT2D eigenvalue weighted by molar-refractivity contribution is 7.92. The quantitative estimate of drug-likeness (QED) is 0.542. The van der Waals surface area contributed by atoms with Crippen molar-refractivity contribution in [2.45, 2.75) is 19.5 Å². The molecule has 32 heavy (non-hydrogen) atoms. The van der Waals surface area contributed by atoms with E-state index in [9.17, 15) is 18.0 Å². The van der Waals surface area contributed by atoms with Crippen LogP contribution in [0.2, 0.25) is 20.1 Å². The van der Waals surface area contributed by atoms with Crippen molar-refractivity contribution >= 4 is 73.9 Å². The highest BCUT2D eigenvalue weighted by Gasteiger charge is 2.30. The first-order chi connectivity index (χ1) is 14.9. The van der Waals surface area contributed by atoms with Gasteiger partial charge in [-0.2, -0.15) is 0 Å².